The summed E-state index contributed by atoms with van der Waals surface area (Å²) in [4.78, 5) is 12.7. The van der Waals surface area contributed by atoms with Gasteiger partial charge in [0.05, 0.1) is 12.3 Å². The first-order valence-corrected chi connectivity index (χ1v) is 8.58. The van der Waals surface area contributed by atoms with Crippen LogP contribution >= 0.6 is 27.3 Å². The average molecular weight is 371 g/mol. The number of rotatable bonds is 7. The summed E-state index contributed by atoms with van der Waals surface area (Å²) in [5.74, 6) is -0.135. The van der Waals surface area contributed by atoms with Crippen LogP contribution in [0.1, 0.15) is 29.4 Å². The first-order chi connectivity index (χ1) is 10.1. The number of unbranched alkanes of at least 4 members (excludes halogenated alkanes) is 1. The number of carbonyl (C=O) groups is 1. The van der Waals surface area contributed by atoms with Crippen molar-refractivity contribution in [3.8, 4) is 0 Å². The normalized spacial score (nSPS) is 11.0. The number of anilines is 1. The molecule has 0 unspecified atom stereocenters. The lowest BCUT2D eigenvalue weighted by Crippen LogP contribution is -2.27. The van der Waals surface area contributed by atoms with E-state index in [0.29, 0.717) is 23.7 Å². The summed E-state index contributed by atoms with van der Waals surface area (Å²) in [6.45, 7) is 3.89. The van der Waals surface area contributed by atoms with Crippen LogP contribution in [-0.2, 0) is 4.74 Å². The van der Waals surface area contributed by atoms with E-state index in [1.807, 2.05) is 18.2 Å². The zero-order chi connectivity index (χ0) is 15.2. The maximum atomic E-state index is 12.2. The Balaban J connectivity index is 1.95. The molecule has 0 bridgehead atoms. The maximum absolute atomic E-state index is 12.2. The SMILES string of the molecule is CCCCOCCNC(=O)c1sc2cc(Br)ccc2c1N. The molecule has 0 aliphatic rings. The molecule has 1 amide bonds. The second kappa shape index (κ2) is 7.77. The Morgan fingerprint density at radius 3 is 3.00 bits per heavy atom. The van der Waals surface area contributed by atoms with Crippen LogP contribution in [0.15, 0.2) is 22.7 Å². The van der Waals surface area contributed by atoms with E-state index in [4.69, 9.17) is 10.5 Å². The van der Waals surface area contributed by atoms with E-state index >= 15 is 0 Å². The van der Waals surface area contributed by atoms with E-state index in [-0.39, 0.29) is 5.91 Å². The van der Waals surface area contributed by atoms with Crippen molar-refractivity contribution in [2.24, 2.45) is 0 Å². The van der Waals surface area contributed by atoms with Gasteiger partial charge in [-0.25, -0.2) is 0 Å². The van der Waals surface area contributed by atoms with Gasteiger partial charge >= 0.3 is 0 Å². The van der Waals surface area contributed by atoms with Gasteiger partial charge in [0.15, 0.2) is 0 Å². The number of thiophene rings is 1. The number of nitrogen functional groups attached to an aromatic ring is 1. The number of carbonyl (C=O) groups excluding carboxylic acids is 1. The molecule has 1 aromatic heterocycles. The van der Waals surface area contributed by atoms with Crippen molar-refractivity contribution in [2.45, 2.75) is 19.8 Å². The highest BCUT2D eigenvalue weighted by Gasteiger charge is 2.15. The van der Waals surface area contributed by atoms with Gasteiger partial charge in [-0.2, -0.15) is 0 Å². The van der Waals surface area contributed by atoms with Crippen molar-refractivity contribution in [3.05, 3.63) is 27.5 Å². The highest BCUT2D eigenvalue weighted by atomic mass is 79.9. The number of benzene rings is 1. The van der Waals surface area contributed by atoms with Crippen LogP contribution in [0.4, 0.5) is 5.69 Å². The Kier molecular flexibility index (Phi) is 6.02. The van der Waals surface area contributed by atoms with Gasteiger partial charge in [0.25, 0.3) is 5.91 Å². The second-order valence-electron chi connectivity index (χ2n) is 4.71. The lowest BCUT2D eigenvalue weighted by Gasteiger charge is -2.05. The van der Waals surface area contributed by atoms with Crippen LogP contribution < -0.4 is 11.1 Å². The van der Waals surface area contributed by atoms with Gasteiger partial charge in [-0.3, -0.25) is 4.79 Å². The van der Waals surface area contributed by atoms with Gasteiger partial charge in [0.2, 0.25) is 0 Å². The van der Waals surface area contributed by atoms with Gasteiger partial charge in [-0.15, -0.1) is 11.3 Å². The minimum atomic E-state index is -0.135. The Bertz CT molecular complexity index is 627. The molecule has 3 N–H and O–H groups in total. The van der Waals surface area contributed by atoms with Crippen LogP contribution in [0.2, 0.25) is 0 Å². The maximum Gasteiger partial charge on any atom is 0.263 e. The molecule has 21 heavy (non-hydrogen) atoms. The monoisotopic (exact) mass is 370 g/mol. The zero-order valence-electron chi connectivity index (χ0n) is 11.9. The molecule has 0 spiro atoms. The van der Waals surface area contributed by atoms with Gasteiger partial charge in [-0.1, -0.05) is 35.3 Å². The van der Waals surface area contributed by atoms with Gasteiger partial charge in [0.1, 0.15) is 4.88 Å². The predicted molar refractivity (Wildman–Crippen MR) is 92.0 cm³/mol. The number of nitrogens with one attached hydrogen (secondary N) is 1. The van der Waals surface area contributed by atoms with E-state index < -0.39 is 0 Å². The summed E-state index contributed by atoms with van der Waals surface area (Å²) in [5, 5.41) is 3.77. The number of ether oxygens (including phenoxy) is 1. The molecular weight excluding hydrogens is 352 g/mol. The fraction of sp³-hybridized carbons (Fsp3) is 0.400. The number of hydrogen-bond acceptors (Lipinski definition) is 4. The lowest BCUT2D eigenvalue weighted by molar-refractivity contribution is 0.0917. The van der Waals surface area contributed by atoms with Crippen molar-refractivity contribution in [3.63, 3.8) is 0 Å². The summed E-state index contributed by atoms with van der Waals surface area (Å²) in [6, 6.07) is 5.82. The summed E-state index contributed by atoms with van der Waals surface area (Å²) < 4.78 is 7.40. The minimum absolute atomic E-state index is 0.135. The van der Waals surface area contributed by atoms with E-state index in [9.17, 15) is 4.79 Å². The van der Waals surface area contributed by atoms with Crippen molar-refractivity contribution in [2.75, 3.05) is 25.5 Å². The Morgan fingerprint density at radius 2 is 2.24 bits per heavy atom. The average Bonchev–Trinajstić information content (AvgIpc) is 2.79. The lowest BCUT2D eigenvalue weighted by atomic mass is 10.2. The molecule has 6 heteroatoms. The zero-order valence-corrected chi connectivity index (χ0v) is 14.4. The molecule has 0 aliphatic carbocycles. The number of amides is 1. The van der Waals surface area contributed by atoms with Crippen LogP contribution in [0.5, 0.6) is 0 Å². The molecular formula is C15H19BrN2O2S. The Hall–Kier alpha value is -1.11. The van der Waals surface area contributed by atoms with E-state index in [2.05, 4.69) is 28.2 Å². The highest BCUT2D eigenvalue weighted by Crippen LogP contribution is 2.35. The van der Waals surface area contributed by atoms with E-state index in [0.717, 1.165) is 34.0 Å². The molecule has 2 rings (SSSR count). The molecule has 1 aromatic carbocycles. The quantitative estimate of drug-likeness (QED) is 0.728. The highest BCUT2D eigenvalue weighted by molar-refractivity contribution is 9.10. The van der Waals surface area contributed by atoms with Crippen LogP contribution in [0.25, 0.3) is 10.1 Å². The van der Waals surface area contributed by atoms with E-state index in [1.54, 1.807) is 0 Å². The second-order valence-corrected chi connectivity index (χ2v) is 6.68. The smallest absolute Gasteiger partial charge is 0.263 e. The van der Waals surface area contributed by atoms with Crippen molar-refractivity contribution < 1.29 is 9.53 Å². The van der Waals surface area contributed by atoms with Gasteiger partial charge in [0, 0.05) is 27.7 Å². The fourth-order valence-corrected chi connectivity index (χ4v) is 3.52. The molecule has 1 heterocycles. The molecule has 0 saturated heterocycles. The first-order valence-electron chi connectivity index (χ1n) is 6.97. The van der Waals surface area contributed by atoms with Crippen molar-refractivity contribution in [1.29, 1.82) is 0 Å². The third-order valence-corrected chi connectivity index (χ3v) is 4.73. The molecule has 0 fully saturated rings. The number of hydrogen-bond donors (Lipinski definition) is 2. The number of nitrogens with two attached hydrogens (primary N) is 1. The molecule has 0 aliphatic heterocycles. The molecule has 0 saturated carbocycles. The third kappa shape index (κ3) is 4.18. The molecule has 4 nitrogen and oxygen atoms in total. The summed E-state index contributed by atoms with van der Waals surface area (Å²) in [5.41, 5.74) is 6.61. The molecule has 0 radical (unpaired) electrons. The molecule has 114 valence electrons. The topological polar surface area (TPSA) is 64.3 Å². The Morgan fingerprint density at radius 1 is 1.43 bits per heavy atom. The largest absolute Gasteiger partial charge is 0.397 e. The summed E-state index contributed by atoms with van der Waals surface area (Å²) >= 11 is 4.83. The third-order valence-electron chi connectivity index (χ3n) is 3.07. The van der Waals surface area contributed by atoms with Crippen molar-refractivity contribution >= 4 is 48.9 Å². The minimum Gasteiger partial charge on any atom is -0.397 e. The van der Waals surface area contributed by atoms with Crippen LogP contribution in [-0.4, -0.2) is 25.7 Å². The number of halogens is 1. The first kappa shape index (κ1) is 16.3. The summed E-state index contributed by atoms with van der Waals surface area (Å²) in [6.07, 6.45) is 2.16. The Labute approximate surface area is 136 Å². The van der Waals surface area contributed by atoms with Crippen LogP contribution in [0.3, 0.4) is 0 Å². The van der Waals surface area contributed by atoms with Crippen molar-refractivity contribution in [1.82, 2.24) is 5.32 Å². The molecule has 0 atom stereocenters. The van der Waals surface area contributed by atoms with Gasteiger partial charge < -0.3 is 15.8 Å². The molecule has 2 aromatic rings. The summed E-state index contributed by atoms with van der Waals surface area (Å²) in [7, 11) is 0. The van der Waals surface area contributed by atoms with Gasteiger partial charge in [-0.05, 0) is 18.6 Å². The van der Waals surface area contributed by atoms with Crippen LogP contribution in [0, 0.1) is 0 Å². The van der Waals surface area contributed by atoms with E-state index in [1.165, 1.54) is 11.3 Å². The predicted octanol–water partition coefficient (Wildman–Crippen LogP) is 3.79. The standard InChI is InChI=1S/C15H19BrN2O2S/c1-2-3-7-20-8-6-18-15(19)14-13(17)11-5-4-10(16)9-12(11)21-14/h4-5,9H,2-3,6-8,17H2,1H3,(H,18,19). The number of fused-ring (bicyclic) bond motifs is 1. The fourth-order valence-electron chi connectivity index (χ4n) is 1.92.